The third-order valence-electron chi connectivity index (χ3n) is 5.86. The first kappa shape index (κ1) is 18.3. The molecular formula is C19H28N4O4. The molecule has 8 nitrogen and oxygen atoms in total. The smallest absolute Gasteiger partial charge is 0.327 e. The molecule has 4 rings (SSSR count). The van der Waals surface area contributed by atoms with Gasteiger partial charge in [0.2, 0.25) is 0 Å². The first-order chi connectivity index (χ1) is 13.0. The van der Waals surface area contributed by atoms with Crippen LogP contribution >= 0.6 is 0 Å². The SMILES string of the molecule is CC(C)CN1C(=O)N(CC2CCCO2)C(=O)C12CCN(c1ncco1)CC2. The first-order valence-electron chi connectivity index (χ1n) is 9.91. The maximum absolute atomic E-state index is 13.4. The Kier molecular flexibility index (Phi) is 4.84. The van der Waals surface area contributed by atoms with Crippen LogP contribution in [-0.2, 0) is 9.53 Å². The van der Waals surface area contributed by atoms with Crippen LogP contribution in [0.15, 0.2) is 16.9 Å². The molecule has 0 N–H and O–H groups in total. The highest BCUT2D eigenvalue weighted by Gasteiger charge is 2.58. The number of rotatable bonds is 5. The van der Waals surface area contributed by atoms with Gasteiger partial charge < -0.3 is 19.0 Å². The van der Waals surface area contributed by atoms with Gasteiger partial charge in [0.05, 0.1) is 18.8 Å². The molecule has 1 spiro atoms. The molecule has 1 unspecified atom stereocenters. The van der Waals surface area contributed by atoms with Crippen molar-refractivity contribution < 1.29 is 18.7 Å². The summed E-state index contributed by atoms with van der Waals surface area (Å²) in [5.74, 6) is 0.238. The van der Waals surface area contributed by atoms with Gasteiger partial charge in [-0.15, -0.1) is 0 Å². The third-order valence-corrected chi connectivity index (χ3v) is 5.86. The van der Waals surface area contributed by atoms with E-state index in [0.29, 0.717) is 57.6 Å². The van der Waals surface area contributed by atoms with Crippen molar-refractivity contribution in [3.8, 4) is 0 Å². The fourth-order valence-electron chi connectivity index (χ4n) is 4.48. The highest BCUT2D eigenvalue weighted by atomic mass is 16.5. The Morgan fingerprint density at radius 1 is 1.30 bits per heavy atom. The zero-order valence-corrected chi connectivity index (χ0v) is 16.1. The molecule has 4 heterocycles. The van der Waals surface area contributed by atoms with Crippen molar-refractivity contribution in [2.24, 2.45) is 5.92 Å². The quantitative estimate of drug-likeness (QED) is 0.733. The summed E-state index contributed by atoms with van der Waals surface area (Å²) in [4.78, 5) is 36.1. The third kappa shape index (κ3) is 3.20. The van der Waals surface area contributed by atoms with Crippen molar-refractivity contribution in [3.05, 3.63) is 12.5 Å². The van der Waals surface area contributed by atoms with E-state index in [9.17, 15) is 9.59 Å². The molecule has 3 aliphatic rings. The van der Waals surface area contributed by atoms with E-state index in [1.807, 2.05) is 9.80 Å². The number of oxazole rings is 1. The largest absolute Gasteiger partial charge is 0.432 e. The summed E-state index contributed by atoms with van der Waals surface area (Å²) in [5.41, 5.74) is -0.747. The highest BCUT2D eigenvalue weighted by molar-refractivity contribution is 6.07. The second kappa shape index (κ2) is 7.14. The van der Waals surface area contributed by atoms with Crippen LogP contribution in [0.2, 0.25) is 0 Å². The molecule has 148 valence electrons. The van der Waals surface area contributed by atoms with Crippen LogP contribution in [0.1, 0.15) is 39.5 Å². The summed E-state index contributed by atoms with van der Waals surface area (Å²) in [6.45, 7) is 7.12. The minimum absolute atomic E-state index is 0.0265. The van der Waals surface area contributed by atoms with Crippen molar-refractivity contribution in [1.29, 1.82) is 0 Å². The van der Waals surface area contributed by atoms with Gasteiger partial charge in [-0.05, 0) is 31.6 Å². The van der Waals surface area contributed by atoms with E-state index in [1.54, 1.807) is 12.5 Å². The molecule has 0 bridgehead atoms. The molecule has 8 heteroatoms. The second-order valence-corrected chi connectivity index (χ2v) is 8.17. The summed E-state index contributed by atoms with van der Waals surface area (Å²) >= 11 is 0. The van der Waals surface area contributed by atoms with Crippen LogP contribution in [0.3, 0.4) is 0 Å². The molecule has 1 aromatic rings. The van der Waals surface area contributed by atoms with Gasteiger partial charge in [0.15, 0.2) is 0 Å². The lowest BCUT2D eigenvalue weighted by molar-refractivity contribution is -0.135. The van der Waals surface area contributed by atoms with Crippen molar-refractivity contribution >= 4 is 18.0 Å². The number of urea groups is 1. The average Bonchev–Trinajstić information content (AvgIpc) is 3.39. The lowest BCUT2D eigenvalue weighted by atomic mass is 9.85. The minimum Gasteiger partial charge on any atom is -0.432 e. The zero-order valence-electron chi connectivity index (χ0n) is 16.1. The number of carbonyl (C=O) groups is 2. The Morgan fingerprint density at radius 2 is 2.07 bits per heavy atom. The Bertz CT molecular complexity index is 676. The fourth-order valence-corrected chi connectivity index (χ4v) is 4.48. The van der Waals surface area contributed by atoms with Crippen LogP contribution in [0.4, 0.5) is 10.8 Å². The first-order valence-corrected chi connectivity index (χ1v) is 9.91. The van der Waals surface area contributed by atoms with Gasteiger partial charge in [-0.2, -0.15) is 0 Å². The maximum atomic E-state index is 13.4. The van der Waals surface area contributed by atoms with E-state index in [0.717, 1.165) is 12.8 Å². The van der Waals surface area contributed by atoms with Crippen molar-refractivity contribution in [2.75, 3.05) is 37.7 Å². The number of piperidine rings is 1. The summed E-state index contributed by atoms with van der Waals surface area (Å²) in [5, 5.41) is 0. The van der Waals surface area contributed by atoms with Gasteiger partial charge in [-0.3, -0.25) is 9.69 Å². The Balaban J connectivity index is 1.55. The lowest BCUT2D eigenvalue weighted by Crippen LogP contribution is -2.57. The molecule has 0 aliphatic carbocycles. The van der Waals surface area contributed by atoms with Crippen molar-refractivity contribution in [2.45, 2.75) is 51.2 Å². The molecular weight excluding hydrogens is 348 g/mol. The average molecular weight is 376 g/mol. The van der Waals surface area contributed by atoms with E-state index in [-0.39, 0.29) is 18.0 Å². The predicted octanol–water partition coefficient (Wildman–Crippen LogP) is 2.11. The van der Waals surface area contributed by atoms with E-state index < -0.39 is 5.54 Å². The number of aromatic nitrogens is 1. The van der Waals surface area contributed by atoms with E-state index in [2.05, 4.69) is 18.8 Å². The van der Waals surface area contributed by atoms with Crippen molar-refractivity contribution in [1.82, 2.24) is 14.8 Å². The minimum atomic E-state index is -0.747. The number of hydrogen-bond acceptors (Lipinski definition) is 6. The monoisotopic (exact) mass is 376 g/mol. The van der Waals surface area contributed by atoms with Crippen LogP contribution in [0, 0.1) is 5.92 Å². The number of hydrogen-bond donors (Lipinski definition) is 0. The molecule has 3 fully saturated rings. The van der Waals surface area contributed by atoms with E-state index in [4.69, 9.17) is 9.15 Å². The Labute approximate surface area is 159 Å². The van der Waals surface area contributed by atoms with Crippen LogP contribution in [-0.4, -0.2) is 71.2 Å². The number of imide groups is 1. The number of amides is 3. The van der Waals surface area contributed by atoms with Gasteiger partial charge >= 0.3 is 6.03 Å². The Morgan fingerprint density at radius 3 is 2.67 bits per heavy atom. The zero-order chi connectivity index (χ0) is 19.0. The standard InChI is InChI=1S/C19H28N4O4/c1-14(2)12-23-18(25)22(13-15-4-3-10-26-15)16(24)19(23)5-8-21(9-6-19)17-20-7-11-27-17/h7,11,14-15H,3-6,8-10,12-13H2,1-2H3. The van der Waals surface area contributed by atoms with Gasteiger partial charge in [0.1, 0.15) is 11.8 Å². The summed E-state index contributed by atoms with van der Waals surface area (Å²) < 4.78 is 11.1. The molecule has 0 aromatic carbocycles. The topological polar surface area (TPSA) is 79.1 Å². The molecule has 1 aromatic heterocycles. The number of carbonyl (C=O) groups excluding carboxylic acids is 2. The van der Waals surface area contributed by atoms with E-state index >= 15 is 0 Å². The maximum Gasteiger partial charge on any atom is 0.327 e. The number of nitrogens with zero attached hydrogens (tertiary/aromatic N) is 4. The molecule has 27 heavy (non-hydrogen) atoms. The van der Waals surface area contributed by atoms with E-state index in [1.165, 1.54) is 4.90 Å². The van der Waals surface area contributed by atoms with Crippen LogP contribution in [0.25, 0.3) is 0 Å². The van der Waals surface area contributed by atoms with Gasteiger partial charge in [-0.1, -0.05) is 13.8 Å². The molecule has 3 saturated heterocycles. The normalized spacial score (nSPS) is 25.4. The molecule has 0 radical (unpaired) electrons. The van der Waals surface area contributed by atoms with Crippen LogP contribution < -0.4 is 4.90 Å². The number of anilines is 1. The van der Waals surface area contributed by atoms with Crippen molar-refractivity contribution in [3.63, 3.8) is 0 Å². The Hall–Kier alpha value is -2.09. The lowest BCUT2D eigenvalue weighted by Gasteiger charge is -2.42. The molecule has 0 saturated carbocycles. The summed E-state index contributed by atoms with van der Waals surface area (Å²) in [6, 6.07) is 0.419. The molecule has 3 aliphatic heterocycles. The number of ether oxygens (including phenoxy) is 1. The fraction of sp³-hybridized carbons (Fsp3) is 0.737. The summed E-state index contributed by atoms with van der Waals surface area (Å²) in [6.07, 6.45) is 6.24. The highest BCUT2D eigenvalue weighted by Crippen LogP contribution is 2.39. The molecule has 1 atom stereocenters. The second-order valence-electron chi connectivity index (χ2n) is 8.17. The van der Waals surface area contributed by atoms with Gasteiger partial charge in [0.25, 0.3) is 11.9 Å². The predicted molar refractivity (Wildman–Crippen MR) is 98.3 cm³/mol. The molecule has 3 amide bonds. The summed E-state index contributed by atoms with van der Waals surface area (Å²) in [7, 11) is 0. The van der Waals surface area contributed by atoms with Gasteiger partial charge in [0, 0.05) is 26.2 Å². The van der Waals surface area contributed by atoms with Gasteiger partial charge in [-0.25, -0.2) is 9.78 Å². The van der Waals surface area contributed by atoms with Crippen LogP contribution in [0.5, 0.6) is 0 Å².